The van der Waals surface area contributed by atoms with Crippen LogP contribution in [0.2, 0.25) is 0 Å². The Morgan fingerprint density at radius 3 is 2.58 bits per heavy atom. The smallest absolute Gasteiger partial charge is 0.410 e. The molecular formula is C26H35N5O5. The fourth-order valence-corrected chi connectivity index (χ4v) is 5.41. The van der Waals surface area contributed by atoms with Gasteiger partial charge in [-0.1, -0.05) is 0 Å². The Morgan fingerprint density at radius 1 is 1.19 bits per heavy atom. The number of pyridine rings is 1. The molecule has 1 spiro atoms. The molecule has 5 heterocycles. The fourth-order valence-electron chi connectivity index (χ4n) is 5.41. The first-order valence-corrected chi connectivity index (χ1v) is 12.7. The zero-order valence-corrected chi connectivity index (χ0v) is 21.5. The molecule has 3 aliphatic heterocycles. The van der Waals surface area contributed by atoms with Crippen molar-refractivity contribution in [3.8, 4) is 0 Å². The predicted octanol–water partition coefficient (Wildman–Crippen LogP) is 3.91. The number of fused-ring (bicyclic) bond motifs is 1. The van der Waals surface area contributed by atoms with E-state index in [1.807, 2.05) is 33.8 Å². The molecule has 0 aromatic carbocycles. The second-order valence-corrected chi connectivity index (χ2v) is 11.2. The van der Waals surface area contributed by atoms with Crippen LogP contribution in [0, 0.1) is 6.92 Å². The van der Waals surface area contributed by atoms with Crippen molar-refractivity contribution < 1.29 is 23.9 Å². The van der Waals surface area contributed by atoms with Gasteiger partial charge in [-0.25, -0.2) is 14.6 Å². The Morgan fingerprint density at radius 2 is 1.94 bits per heavy atom. The van der Waals surface area contributed by atoms with E-state index in [4.69, 9.17) is 14.5 Å². The van der Waals surface area contributed by atoms with E-state index < -0.39 is 11.6 Å². The van der Waals surface area contributed by atoms with E-state index in [2.05, 4.69) is 16.1 Å². The number of imide groups is 1. The van der Waals surface area contributed by atoms with Gasteiger partial charge in [0.2, 0.25) is 5.91 Å². The highest BCUT2D eigenvalue weighted by atomic mass is 16.6. The van der Waals surface area contributed by atoms with Crippen LogP contribution in [0.1, 0.15) is 64.5 Å². The molecule has 10 heteroatoms. The molecule has 0 aliphatic carbocycles. The molecule has 3 saturated heterocycles. The minimum absolute atomic E-state index is 0.171. The number of likely N-dealkylation sites (tertiary alicyclic amines) is 1. The van der Waals surface area contributed by atoms with E-state index in [9.17, 15) is 14.4 Å². The third-order valence-electron chi connectivity index (χ3n) is 7.45. The van der Waals surface area contributed by atoms with Gasteiger partial charge < -0.3 is 18.9 Å². The minimum atomic E-state index is -0.494. The van der Waals surface area contributed by atoms with Crippen molar-refractivity contribution in [3.63, 3.8) is 0 Å². The van der Waals surface area contributed by atoms with Crippen LogP contribution in [0.5, 0.6) is 0 Å². The van der Waals surface area contributed by atoms with Crippen molar-refractivity contribution in [2.45, 2.75) is 77.0 Å². The summed E-state index contributed by atoms with van der Waals surface area (Å²) in [4.78, 5) is 44.2. The second kappa shape index (κ2) is 9.06. The van der Waals surface area contributed by atoms with Gasteiger partial charge in [0.15, 0.2) is 0 Å². The van der Waals surface area contributed by atoms with Crippen LogP contribution < -0.4 is 10.2 Å². The van der Waals surface area contributed by atoms with E-state index >= 15 is 0 Å². The van der Waals surface area contributed by atoms with Gasteiger partial charge in [0.05, 0.1) is 30.1 Å². The van der Waals surface area contributed by atoms with E-state index in [0.29, 0.717) is 31.9 Å². The molecule has 10 nitrogen and oxygen atoms in total. The number of amides is 4. The topological polar surface area (TPSA) is 106 Å². The summed E-state index contributed by atoms with van der Waals surface area (Å²) in [6.45, 7) is 9.93. The van der Waals surface area contributed by atoms with Gasteiger partial charge in [-0.05, 0) is 65.0 Å². The molecule has 194 valence electrons. The number of aryl methyl sites for hydroxylation is 1. The Balaban J connectivity index is 1.24. The van der Waals surface area contributed by atoms with Crippen LogP contribution in [0.15, 0.2) is 18.5 Å². The highest BCUT2D eigenvalue weighted by molar-refractivity contribution is 6.06. The molecular weight excluding hydrogens is 462 g/mol. The summed E-state index contributed by atoms with van der Waals surface area (Å²) in [7, 11) is 0. The number of hydrogen-bond acceptors (Lipinski definition) is 6. The highest BCUT2D eigenvalue weighted by Crippen LogP contribution is 2.40. The Hall–Kier alpha value is -3.14. The van der Waals surface area contributed by atoms with Gasteiger partial charge in [-0.3, -0.25) is 15.0 Å². The third-order valence-corrected chi connectivity index (χ3v) is 7.45. The molecule has 1 unspecified atom stereocenters. The number of rotatable bonds is 2. The first kappa shape index (κ1) is 24.5. The molecule has 2 aromatic heterocycles. The average molecular weight is 498 g/mol. The Labute approximate surface area is 210 Å². The van der Waals surface area contributed by atoms with E-state index in [1.54, 1.807) is 16.0 Å². The maximum atomic E-state index is 12.4. The monoisotopic (exact) mass is 497 g/mol. The number of hydrogen-bond donors (Lipinski definition) is 1. The van der Waals surface area contributed by atoms with Crippen LogP contribution in [0.4, 0.5) is 15.3 Å². The lowest BCUT2D eigenvalue weighted by atomic mass is 9.83. The quantitative estimate of drug-likeness (QED) is 0.674. The summed E-state index contributed by atoms with van der Waals surface area (Å²) in [5, 5.41) is 3.35. The van der Waals surface area contributed by atoms with Gasteiger partial charge in [-0.2, -0.15) is 0 Å². The predicted molar refractivity (Wildman–Crippen MR) is 134 cm³/mol. The lowest BCUT2D eigenvalue weighted by molar-refractivity contribution is -0.124. The van der Waals surface area contributed by atoms with E-state index in [1.165, 1.54) is 0 Å². The van der Waals surface area contributed by atoms with Crippen LogP contribution in [-0.2, 0) is 14.3 Å². The van der Waals surface area contributed by atoms with Crippen LogP contribution in [0.3, 0.4) is 0 Å². The summed E-state index contributed by atoms with van der Waals surface area (Å²) in [6, 6.07) is 1.74. The number of nitrogens with zero attached hydrogens (tertiary/aromatic N) is 4. The number of anilines is 1. The van der Waals surface area contributed by atoms with Crippen molar-refractivity contribution in [2.75, 3.05) is 31.1 Å². The van der Waals surface area contributed by atoms with Crippen molar-refractivity contribution in [2.24, 2.45) is 0 Å². The molecule has 36 heavy (non-hydrogen) atoms. The summed E-state index contributed by atoms with van der Waals surface area (Å²) < 4.78 is 14.2. The number of urea groups is 1. The minimum Gasteiger partial charge on any atom is -0.444 e. The first-order valence-electron chi connectivity index (χ1n) is 12.7. The van der Waals surface area contributed by atoms with Crippen molar-refractivity contribution in [3.05, 3.63) is 24.0 Å². The number of ether oxygens (including phenoxy) is 2. The third kappa shape index (κ3) is 4.78. The Bertz CT molecular complexity index is 1180. The molecule has 1 atom stereocenters. The molecule has 0 radical (unpaired) electrons. The number of carbonyl (C=O) groups excluding carboxylic acids is 3. The van der Waals surface area contributed by atoms with Gasteiger partial charge in [0, 0.05) is 37.6 Å². The van der Waals surface area contributed by atoms with Crippen LogP contribution >= 0.6 is 0 Å². The zero-order valence-electron chi connectivity index (χ0n) is 21.5. The molecule has 0 bridgehead atoms. The van der Waals surface area contributed by atoms with E-state index in [-0.39, 0.29) is 30.1 Å². The highest BCUT2D eigenvalue weighted by Gasteiger charge is 2.41. The molecule has 5 rings (SSSR count). The Kier molecular flexibility index (Phi) is 6.18. The summed E-state index contributed by atoms with van der Waals surface area (Å²) in [6.07, 6.45) is 7.36. The SMILES string of the molecule is Cc1cn(C2CCC3(CCN(C(=O)OC(C)(C)C)CC3)OC2)c2ncc(N3CCC(=O)NC3=O)cc12. The maximum Gasteiger partial charge on any atom is 0.410 e. The molecule has 4 amide bonds. The first-order chi connectivity index (χ1) is 17.0. The molecule has 0 saturated carbocycles. The largest absolute Gasteiger partial charge is 0.444 e. The van der Waals surface area contributed by atoms with Crippen molar-refractivity contribution >= 4 is 34.8 Å². The average Bonchev–Trinajstić information content (AvgIpc) is 3.15. The van der Waals surface area contributed by atoms with Crippen molar-refractivity contribution in [1.29, 1.82) is 0 Å². The van der Waals surface area contributed by atoms with Gasteiger partial charge in [0.25, 0.3) is 0 Å². The van der Waals surface area contributed by atoms with Gasteiger partial charge in [0.1, 0.15) is 11.2 Å². The van der Waals surface area contributed by atoms with Crippen molar-refractivity contribution in [1.82, 2.24) is 19.8 Å². The number of piperidine rings is 1. The zero-order chi connectivity index (χ0) is 25.7. The number of nitrogens with one attached hydrogen (secondary N) is 1. The van der Waals surface area contributed by atoms with Gasteiger partial charge in [-0.15, -0.1) is 0 Å². The van der Waals surface area contributed by atoms with E-state index in [0.717, 1.165) is 42.3 Å². The summed E-state index contributed by atoms with van der Waals surface area (Å²) in [5.74, 6) is -0.252. The number of aromatic nitrogens is 2. The van der Waals surface area contributed by atoms with Crippen LogP contribution in [0.25, 0.3) is 11.0 Å². The molecule has 3 fully saturated rings. The molecule has 1 N–H and O–H groups in total. The second-order valence-electron chi connectivity index (χ2n) is 11.2. The molecule has 3 aliphatic rings. The maximum absolute atomic E-state index is 12.4. The molecule has 2 aromatic rings. The van der Waals surface area contributed by atoms with Crippen LogP contribution in [-0.4, -0.2) is 69.9 Å². The lowest BCUT2D eigenvalue weighted by Crippen LogP contribution is -2.51. The number of carbonyl (C=O) groups is 3. The normalized spacial score (nSPS) is 22.7. The summed E-state index contributed by atoms with van der Waals surface area (Å²) in [5.41, 5.74) is 1.95. The fraction of sp³-hybridized carbons (Fsp3) is 0.615. The standard InChI is InChI=1S/C26H35N5O5/c1-17-15-31(22-20(17)13-19(14-27-22)30-10-6-21(32)28-23(30)33)18-5-7-26(35-16-18)8-11-29(12-9-26)24(34)36-25(2,3)4/h13-15,18H,5-12,16H2,1-4H3,(H,28,32,33). The lowest BCUT2D eigenvalue weighted by Gasteiger charge is -2.45. The summed E-state index contributed by atoms with van der Waals surface area (Å²) >= 11 is 0. The van der Waals surface area contributed by atoms with Gasteiger partial charge >= 0.3 is 12.1 Å².